The molecule has 0 saturated carbocycles. The lowest BCUT2D eigenvalue weighted by Gasteiger charge is -2.25. The van der Waals surface area contributed by atoms with E-state index in [1.807, 2.05) is 29.6 Å². The number of carbonyl (C=O) groups excluding carboxylic acids is 1. The molecule has 0 unspecified atom stereocenters. The molecule has 4 rings (SSSR count). The van der Waals surface area contributed by atoms with Crippen molar-refractivity contribution in [1.29, 1.82) is 0 Å². The van der Waals surface area contributed by atoms with E-state index in [-0.39, 0.29) is 18.7 Å². The van der Waals surface area contributed by atoms with Gasteiger partial charge in [0.2, 0.25) is 6.79 Å². The van der Waals surface area contributed by atoms with E-state index in [2.05, 4.69) is 12.0 Å². The van der Waals surface area contributed by atoms with E-state index in [0.717, 1.165) is 30.8 Å². The first kappa shape index (κ1) is 15.1. The van der Waals surface area contributed by atoms with Gasteiger partial charge < -0.3 is 14.4 Å². The van der Waals surface area contributed by atoms with Crippen molar-refractivity contribution in [2.75, 3.05) is 13.3 Å². The number of nitrogens with zero attached hydrogens (tertiary/aromatic N) is 3. The summed E-state index contributed by atoms with van der Waals surface area (Å²) in [5.74, 6) is 1.38. The molecule has 2 aliphatic heterocycles. The third-order valence-corrected chi connectivity index (χ3v) is 5.03. The average molecular weight is 327 g/mol. The highest BCUT2D eigenvalue weighted by molar-refractivity contribution is 5.95. The molecule has 0 aliphatic carbocycles. The zero-order valence-electron chi connectivity index (χ0n) is 14.2. The van der Waals surface area contributed by atoms with E-state index in [1.165, 1.54) is 5.56 Å². The highest BCUT2D eigenvalue weighted by Crippen LogP contribution is 2.38. The maximum Gasteiger partial charge on any atom is 0.254 e. The summed E-state index contributed by atoms with van der Waals surface area (Å²) in [6, 6.07) is 5.50. The Morgan fingerprint density at radius 1 is 1.25 bits per heavy atom. The fourth-order valence-electron chi connectivity index (χ4n) is 3.78. The number of hydrogen-bond acceptors (Lipinski definition) is 4. The van der Waals surface area contributed by atoms with Crippen molar-refractivity contribution in [2.45, 2.75) is 32.7 Å². The first-order chi connectivity index (χ1) is 11.6. The van der Waals surface area contributed by atoms with Gasteiger partial charge in [0.05, 0.1) is 11.7 Å². The molecule has 1 amide bonds. The van der Waals surface area contributed by atoms with Gasteiger partial charge in [0.25, 0.3) is 5.91 Å². The van der Waals surface area contributed by atoms with E-state index < -0.39 is 0 Å². The lowest BCUT2D eigenvalue weighted by atomic mass is 10.0. The molecule has 1 saturated heterocycles. The summed E-state index contributed by atoms with van der Waals surface area (Å²) in [5.41, 5.74) is 3.96. The number of aromatic nitrogens is 2. The number of benzene rings is 1. The van der Waals surface area contributed by atoms with E-state index in [1.54, 1.807) is 12.1 Å². The van der Waals surface area contributed by atoms with Crippen LogP contribution >= 0.6 is 0 Å². The fourth-order valence-corrected chi connectivity index (χ4v) is 3.78. The maximum atomic E-state index is 13.1. The molecule has 3 heterocycles. The van der Waals surface area contributed by atoms with E-state index >= 15 is 0 Å². The summed E-state index contributed by atoms with van der Waals surface area (Å²) >= 11 is 0. The summed E-state index contributed by atoms with van der Waals surface area (Å²) < 4.78 is 12.6. The molecule has 0 radical (unpaired) electrons. The minimum Gasteiger partial charge on any atom is -0.454 e. The van der Waals surface area contributed by atoms with Crippen molar-refractivity contribution < 1.29 is 14.3 Å². The van der Waals surface area contributed by atoms with Crippen LogP contribution in [0.2, 0.25) is 0 Å². The number of rotatable bonds is 2. The van der Waals surface area contributed by atoms with Gasteiger partial charge in [-0.25, -0.2) is 0 Å². The molecule has 1 aromatic carbocycles. The Kier molecular flexibility index (Phi) is 3.48. The van der Waals surface area contributed by atoms with Gasteiger partial charge in [0.1, 0.15) is 0 Å². The van der Waals surface area contributed by atoms with Gasteiger partial charge in [-0.05, 0) is 44.9 Å². The lowest BCUT2D eigenvalue weighted by Crippen LogP contribution is -2.31. The van der Waals surface area contributed by atoms with Crippen molar-refractivity contribution in [3.05, 3.63) is 40.7 Å². The molecule has 1 atom stereocenters. The second-order valence-electron chi connectivity index (χ2n) is 6.43. The van der Waals surface area contributed by atoms with Crippen LogP contribution in [0, 0.1) is 13.8 Å². The summed E-state index contributed by atoms with van der Waals surface area (Å²) in [6.45, 7) is 5.07. The van der Waals surface area contributed by atoms with Crippen molar-refractivity contribution in [3.63, 3.8) is 0 Å². The van der Waals surface area contributed by atoms with Crippen LogP contribution in [0.4, 0.5) is 0 Å². The van der Waals surface area contributed by atoms with Crippen LogP contribution in [0.15, 0.2) is 18.2 Å². The van der Waals surface area contributed by atoms with Gasteiger partial charge in [-0.3, -0.25) is 9.48 Å². The van der Waals surface area contributed by atoms with Gasteiger partial charge in [-0.2, -0.15) is 5.10 Å². The van der Waals surface area contributed by atoms with Crippen molar-refractivity contribution >= 4 is 5.91 Å². The highest BCUT2D eigenvalue weighted by Gasteiger charge is 2.34. The van der Waals surface area contributed by atoms with E-state index in [4.69, 9.17) is 9.47 Å². The Morgan fingerprint density at radius 2 is 2.04 bits per heavy atom. The molecular formula is C18H21N3O3. The van der Waals surface area contributed by atoms with Crippen LogP contribution in [0.5, 0.6) is 11.5 Å². The molecule has 24 heavy (non-hydrogen) atoms. The standard InChI is InChI=1S/C18H21N3O3/c1-11-17(12(2)20(3)19-11)14-5-4-8-21(14)18(22)13-6-7-15-16(9-13)24-10-23-15/h6-7,9,14H,4-5,8,10H2,1-3H3/t14-/m1/s1. The maximum absolute atomic E-state index is 13.1. The molecule has 2 aliphatic rings. The monoisotopic (exact) mass is 327 g/mol. The van der Waals surface area contributed by atoms with Crippen molar-refractivity contribution in [3.8, 4) is 11.5 Å². The summed E-state index contributed by atoms with van der Waals surface area (Å²) in [5, 5.41) is 4.51. The van der Waals surface area contributed by atoms with Crippen LogP contribution in [0.3, 0.4) is 0 Å². The summed E-state index contributed by atoms with van der Waals surface area (Å²) in [4.78, 5) is 15.0. The quantitative estimate of drug-likeness (QED) is 0.851. The first-order valence-corrected chi connectivity index (χ1v) is 8.27. The number of aryl methyl sites for hydroxylation is 2. The predicted molar refractivity (Wildman–Crippen MR) is 88.3 cm³/mol. The molecule has 126 valence electrons. The zero-order chi connectivity index (χ0) is 16.8. The van der Waals surface area contributed by atoms with Crippen LogP contribution < -0.4 is 9.47 Å². The smallest absolute Gasteiger partial charge is 0.254 e. The fraction of sp³-hybridized carbons (Fsp3) is 0.444. The second-order valence-corrected chi connectivity index (χ2v) is 6.43. The van der Waals surface area contributed by atoms with E-state index in [9.17, 15) is 4.79 Å². The largest absolute Gasteiger partial charge is 0.454 e. The lowest BCUT2D eigenvalue weighted by molar-refractivity contribution is 0.0734. The Morgan fingerprint density at radius 3 is 2.79 bits per heavy atom. The molecular weight excluding hydrogens is 306 g/mol. The molecule has 6 heteroatoms. The summed E-state index contributed by atoms with van der Waals surface area (Å²) in [6.07, 6.45) is 1.98. The number of amides is 1. The number of likely N-dealkylation sites (tertiary alicyclic amines) is 1. The predicted octanol–water partition coefficient (Wildman–Crippen LogP) is 2.74. The average Bonchev–Trinajstić information content (AvgIpc) is 3.26. The number of hydrogen-bond donors (Lipinski definition) is 0. The third kappa shape index (κ3) is 2.25. The van der Waals surface area contributed by atoms with Crippen LogP contribution in [-0.4, -0.2) is 33.9 Å². The van der Waals surface area contributed by atoms with Gasteiger partial charge in [-0.15, -0.1) is 0 Å². The minimum atomic E-state index is 0.0402. The third-order valence-electron chi connectivity index (χ3n) is 5.03. The highest BCUT2D eigenvalue weighted by atomic mass is 16.7. The second kappa shape index (κ2) is 5.54. The molecule has 1 aromatic heterocycles. The van der Waals surface area contributed by atoms with Gasteiger partial charge in [0, 0.05) is 30.4 Å². The van der Waals surface area contributed by atoms with Gasteiger partial charge in [0.15, 0.2) is 11.5 Å². The summed E-state index contributed by atoms with van der Waals surface area (Å²) in [7, 11) is 1.95. The zero-order valence-corrected chi connectivity index (χ0v) is 14.2. The first-order valence-electron chi connectivity index (χ1n) is 8.27. The van der Waals surface area contributed by atoms with Crippen molar-refractivity contribution in [1.82, 2.24) is 14.7 Å². The van der Waals surface area contributed by atoms with E-state index in [0.29, 0.717) is 17.1 Å². The molecule has 2 aromatic rings. The minimum absolute atomic E-state index is 0.0402. The van der Waals surface area contributed by atoms with Crippen molar-refractivity contribution in [2.24, 2.45) is 7.05 Å². The molecule has 0 N–H and O–H groups in total. The molecule has 0 bridgehead atoms. The Bertz CT molecular complexity index is 812. The number of ether oxygens (including phenoxy) is 2. The number of carbonyl (C=O) groups is 1. The normalized spacial score (nSPS) is 19.1. The topological polar surface area (TPSA) is 56.6 Å². The Labute approximate surface area is 141 Å². The number of fused-ring (bicyclic) bond motifs is 1. The molecule has 6 nitrogen and oxygen atoms in total. The van der Waals surface area contributed by atoms with Crippen LogP contribution in [0.25, 0.3) is 0 Å². The van der Waals surface area contributed by atoms with Gasteiger partial charge in [-0.1, -0.05) is 0 Å². The Hall–Kier alpha value is -2.50. The molecule has 1 fully saturated rings. The van der Waals surface area contributed by atoms with Crippen LogP contribution in [-0.2, 0) is 7.05 Å². The van der Waals surface area contributed by atoms with Crippen LogP contribution in [0.1, 0.15) is 46.2 Å². The van der Waals surface area contributed by atoms with Gasteiger partial charge >= 0.3 is 0 Å². The SMILES string of the molecule is Cc1nn(C)c(C)c1[C@H]1CCCN1C(=O)c1ccc2c(c1)OCO2. The molecule has 0 spiro atoms. The Balaban J connectivity index is 1.66.